The van der Waals surface area contributed by atoms with Gasteiger partial charge in [-0.05, 0) is 72.5 Å². The number of nitrogens with one attached hydrogen (secondary N) is 1. The molecule has 0 fully saturated rings. The maximum Gasteiger partial charge on any atom is 0.380 e. The first-order valence-corrected chi connectivity index (χ1v) is 14.3. The molecule has 0 radical (unpaired) electrons. The molecule has 5 aromatic rings. The number of halogens is 6. The molecule has 1 aliphatic carbocycles. The fourth-order valence-electron chi connectivity index (χ4n) is 4.95. The molecule has 0 atom stereocenters. The summed E-state index contributed by atoms with van der Waals surface area (Å²) in [6.45, 7) is 3.10. The second kappa shape index (κ2) is 10.1. The van der Waals surface area contributed by atoms with Crippen LogP contribution in [0.4, 0.5) is 26.3 Å². The highest BCUT2D eigenvalue weighted by molar-refractivity contribution is 7.16. The standard InChI is InChI=1S/C30H21F6N3OS2/c1-16-22(12-24(41-16)18-6-4-3-5-7-18)26-27(29(33,34)30(35,36)28(26,31)32)23-13-25(42-17(23)2)19-8-10-21(11-9-19)40-15-20-14-37-39-38-20/h3-14H,15H2,1-2H3,(H,37,38,39). The van der Waals surface area contributed by atoms with E-state index in [1.165, 1.54) is 32.2 Å². The summed E-state index contributed by atoms with van der Waals surface area (Å²) in [6.07, 6.45) is 1.51. The molecule has 3 heterocycles. The molecule has 0 bridgehead atoms. The van der Waals surface area contributed by atoms with Crippen LogP contribution in [0.15, 0.2) is 72.9 Å². The molecular formula is C30H21F6N3OS2. The Morgan fingerprint density at radius 2 is 1.26 bits per heavy atom. The highest BCUT2D eigenvalue weighted by atomic mass is 32.1. The van der Waals surface area contributed by atoms with Gasteiger partial charge in [-0.15, -0.1) is 22.7 Å². The van der Waals surface area contributed by atoms with Crippen molar-refractivity contribution in [2.45, 2.75) is 38.2 Å². The number of H-pyrrole nitrogens is 1. The Morgan fingerprint density at radius 3 is 1.76 bits per heavy atom. The summed E-state index contributed by atoms with van der Waals surface area (Å²) in [5.41, 5.74) is -1.47. The molecule has 1 aliphatic rings. The highest BCUT2D eigenvalue weighted by Crippen LogP contribution is 2.66. The second-order valence-corrected chi connectivity index (χ2v) is 12.3. The summed E-state index contributed by atoms with van der Waals surface area (Å²) in [5.74, 6) is -15.3. The van der Waals surface area contributed by atoms with E-state index in [0.29, 0.717) is 32.3 Å². The number of nitrogens with zero attached hydrogens (tertiary/aromatic N) is 2. The van der Waals surface area contributed by atoms with Gasteiger partial charge in [0.1, 0.15) is 18.1 Å². The number of aromatic amines is 1. The third-order valence-electron chi connectivity index (χ3n) is 7.09. The van der Waals surface area contributed by atoms with Crippen molar-refractivity contribution in [3.8, 4) is 26.6 Å². The molecule has 3 aromatic heterocycles. The molecule has 12 heteroatoms. The summed E-state index contributed by atoms with van der Waals surface area (Å²) in [4.78, 5) is 1.42. The summed E-state index contributed by atoms with van der Waals surface area (Å²) in [5, 5.41) is 10.1. The number of ether oxygens (including phenoxy) is 1. The van der Waals surface area contributed by atoms with Crippen LogP contribution in [-0.4, -0.2) is 33.2 Å². The molecule has 0 unspecified atom stereocenters. The van der Waals surface area contributed by atoms with Crippen LogP contribution >= 0.6 is 22.7 Å². The van der Waals surface area contributed by atoms with E-state index in [1.54, 1.807) is 54.6 Å². The minimum Gasteiger partial charge on any atom is -0.487 e. The zero-order valence-electron chi connectivity index (χ0n) is 22.0. The molecule has 6 rings (SSSR count). The molecule has 0 amide bonds. The predicted octanol–water partition coefficient (Wildman–Crippen LogP) is 9.29. The topological polar surface area (TPSA) is 50.8 Å². The molecule has 1 N–H and O–H groups in total. The lowest BCUT2D eigenvalue weighted by Crippen LogP contribution is -2.48. The second-order valence-electron chi connectivity index (χ2n) is 9.77. The molecule has 0 spiro atoms. The minimum absolute atomic E-state index is 0.167. The van der Waals surface area contributed by atoms with Crippen LogP contribution in [0.3, 0.4) is 0 Å². The van der Waals surface area contributed by atoms with Crippen molar-refractivity contribution in [2.75, 3.05) is 0 Å². The first-order chi connectivity index (χ1) is 19.9. The van der Waals surface area contributed by atoms with Crippen LogP contribution in [0.1, 0.15) is 26.6 Å². The van der Waals surface area contributed by atoms with E-state index in [4.69, 9.17) is 4.74 Å². The van der Waals surface area contributed by atoms with Gasteiger partial charge in [-0.25, -0.2) is 0 Å². The van der Waals surface area contributed by atoms with Crippen molar-refractivity contribution in [1.29, 1.82) is 0 Å². The monoisotopic (exact) mass is 617 g/mol. The summed E-state index contributed by atoms with van der Waals surface area (Å²) in [7, 11) is 0. The highest BCUT2D eigenvalue weighted by Gasteiger charge is 2.80. The fraction of sp³-hybridized carbons (Fsp3) is 0.200. The van der Waals surface area contributed by atoms with Crippen LogP contribution in [0.25, 0.3) is 32.0 Å². The third-order valence-corrected chi connectivity index (χ3v) is 9.29. The number of rotatable bonds is 7. The molecule has 42 heavy (non-hydrogen) atoms. The van der Waals surface area contributed by atoms with Crippen molar-refractivity contribution in [2.24, 2.45) is 0 Å². The number of benzene rings is 2. The van der Waals surface area contributed by atoms with E-state index >= 15 is 17.6 Å². The molecule has 0 aliphatic heterocycles. The predicted molar refractivity (Wildman–Crippen MR) is 151 cm³/mol. The zero-order chi connectivity index (χ0) is 29.9. The first kappa shape index (κ1) is 28.2. The van der Waals surface area contributed by atoms with Gasteiger partial charge >= 0.3 is 17.8 Å². The van der Waals surface area contributed by atoms with Crippen molar-refractivity contribution in [3.05, 3.63) is 99.5 Å². The molecule has 2 aromatic carbocycles. The fourth-order valence-corrected chi connectivity index (χ4v) is 7.01. The first-order valence-electron chi connectivity index (χ1n) is 12.7. The lowest BCUT2D eigenvalue weighted by molar-refractivity contribution is -0.254. The van der Waals surface area contributed by atoms with Gasteiger partial charge in [0.05, 0.1) is 6.20 Å². The van der Waals surface area contributed by atoms with E-state index in [2.05, 4.69) is 15.4 Å². The number of aryl methyl sites for hydroxylation is 2. The lowest BCUT2D eigenvalue weighted by Gasteiger charge is -2.25. The van der Waals surface area contributed by atoms with E-state index in [0.717, 1.165) is 22.7 Å². The maximum atomic E-state index is 15.5. The van der Waals surface area contributed by atoms with Gasteiger partial charge in [0, 0.05) is 30.7 Å². The molecule has 216 valence electrons. The number of hydrogen-bond acceptors (Lipinski definition) is 5. The van der Waals surface area contributed by atoms with Crippen LogP contribution in [-0.2, 0) is 6.61 Å². The Bertz CT molecular complexity index is 1780. The van der Waals surface area contributed by atoms with Crippen LogP contribution < -0.4 is 4.74 Å². The van der Waals surface area contributed by atoms with Gasteiger partial charge in [0.2, 0.25) is 0 Å². The quantitative estimate of drug-likeness (QED) is 0.185. The van der Waals surface area contributed by atoms with Crippen LogP contribution in [0.5, 0.6) is 5.75 Å². The minimum atomic E-state index is -5.62. The van der Waals surface area contributed by atoms with Crippen molar-refractivity contribution >= 4 is 33.8 Å². The molecule has 4 nitrogen and oxygen atoms in total. The number of allylic oxidation sites excluding steroid dienone is 2. The van der Waals surface area contributed by atoms with Crippen molar-refractivity contribution in [3.63, 3.8) is 0 Å². The van der Waals surface area contributed by atoms with Crippen molar-refractivity contribution < 1.29 is 31.1 Å². The van der Waals surface area contributed by atoms with Gasteiger partial charge in [-0.1, -0.05) is 30.3 Å². The Kier molecular flexibility index (Phi) is 6.81. The average molecular weight is 618 g/mol. The zero-order valence-corrected chi connectivity index (χ0v) is 23.7. The third kappa shape index (κ3) is 4.44. The van der Waals surface area contributed by atoms with E-state index in [-0.39, 0.29) is 27.5 Å². The van der Waals surface area contributed by atoms with E-state index in [1.807, 2.05) is 0 Å². The molecule has 0 saturated carbocycles. The lowest BCUT2D eigenvalue weighted by atomic mass is 9.94. The SMILES string of the molecule is Cc1sc(-c2ccccc2)cc1C1=C(c2cc(-c3ccc(OCc4cn[nH]n4)cc3)sc2C)C(F)(F)C(F)(F)C1(F)F. The average Bonchev–Trinajstić information content (AvgIpc) is 3.72. The Labute approximate surface area is 244 Å². The van der Waals surface area contributed by atoms with Gasteiger partial charge in [0.15, 0.2) is 0 Å². The maximum absolute atomic E-state index is 15.5. The largest absolute Gasteiger partial charge is 0.487 e. The molecule has 0 saturated heterocycles. The summed E-state index contributed by atoms with van der Waals surface area (Å²) < 4.78 is 97.5. The normalized spacial score (nSPS) is 17.1. The number of hydrogen-bond donors (Lipinski definition) is 1. The van der Waals surface area contributed by atoms with Crippen molar-refractivity contribution in [1.82, 2.24) is 15.4 Å². The summed E-state index contributed by atoms with van der Waals surface area (Å²) >= 11 is 2.15. The van der Waals surface area contributed by atoms with Gasteiger partial charge in [0.25, 0.3) is 0 Å². The van der Waals surface area contributed by atoms with Gasteiger partial charge in [-0.2, -0.15) is 41.8 Å². The molecular weight excluding hydrogens is 596 g/mol. The van der Waals surface area contributed by atoms with Gasteiger partial charge < -0.3 is 4.74 Å². The van der Waals surface area contributed by atoms with E-state index in [9.17, 15) is 8.78 Å². The van der Waals surface area contributed by atoms with E-state index < -0.39 is 28.9 Å². The Balaban J connectivity index is 1.43. The smallest absolute Gasteiger partial charge is 0.380 e. The van der Waals surface area contributed by atoms with Gasteiger partial charge in [-0.3, -0.25) is 0 Å². The Hall–Kier alpha value is -3.90. The number of aromatic nitrogens is 3. The Morgan fingerprint density at radius 1 is 0.738 bits per heavy atom. The number of thiophene rings is 2. The van der Waals surface area contributed by atoms with Crippen LogP contribution in [0, 0.1) is 13.8 Å². The van der Waals surface area contributed by atoms with Crippen LogP contribution in [0.2, 0.25) is 0 Å². The number of alkyl halides is 6. The summed E-state index contributed by atoms with van der Waals surface area (Å²) in [6, 6.07) is 18.0.